The molecule has 0 aromatic heterocycles. The van der Waals surface area contributed by atoms with Crippen LogP contribution in [0.25, 0.3) is 0 Å². The van der Waals surface area contributed by atoms with E-state index in [2.05, 4.69) is 15.9 Å². The Morgan fingerprint density at radius 1 is 1.71 bits per heavy atom. The Balaban J connectivity index is 0. The minimum atomic E-state index is -1.19. The molecular formula is C3H6BrNO2. The first-order valence-corrected chi connectivity index (χ1v) is 2.16. The van der Waals surface area contributed by atoms with E-state index in [0.29, 0.717) is 0 Å². The van der Waals surface area contributed by atoms with Gasteiger partial charge in [-0.25, -0.2) is 0 Å². The molecule has 0 aliphatic heterocycles. The third-order valence-electron chi connectivity index (χ3n) is 0.199. The van der Waals surface area contributed by atoms with Crippen LogP contribution >= 0.6 is 15.9 Å². The number of hydrogen-bond acceptors (Lipinski definition) is 2. The van der Waals surface area contributed by atoms with Crippen molar-refractivity contribution in [2.75, 3.05) is 0 Å². The quantitative estimate of drug-likeness (QED) is 0.560. The van der Waals surface area contributed by atoms with Gasteiger partial charge >= 0.3 is 0 Å². The summed E-state index contributed by atoms with van der Waals surface area (Å²) in [4.78, 5) is 10.6. The summed E-state index contributed by atoms with van der Waals surface area (Å²) >= 11 is 2.75. The number of carboxylic acid groups (broad SMARTS) is 1. The molecule has 0 atom stereocenters. The summed E-state index contributed by atoms with van der Waals surface area (Å²) in [5.41, 5.74) is 0. The Morgan fingerprint density at radius 3 is 2.14 bits per heavy atom. The molecule has 4 N–H and O–H groups in total. The summed E-state index contributed by atoms with van der Waals surface area (Å²) in [6.45, 7) is 0. The van der Waals surface area contributed by atoms with Gasteiger partial charge < -0.3 is 16.1 Å². The van der Waals surface area contributed by atoms with E-state index in [1.54, 1.807) is 0 Å². The Morgan fingerprint density at radius 2 is 2.14 bits per heavy atom. The molecule has 0 aliphatic rings. The zero-order valence-electron chi connectivity index (χ0n) is 3.85. The van der Waals surface area contributed by atoms with E-state index in [4.69, 9.17) is 0 Å². The second kappa shape index (κ2) is 5.65. The highest BCUT2D eigenvalue weighted by Crippen LogP contribution is 1.77. The van der Waals surface area contributed by atoms with Gasteiger partial charge in [-0.3, -0.25) is 0 Å². The lowest BCUT2D eigenvalue weighted by Crippen LogP contribution is -2.18. The largest absolute Gasteiger partial charge is 0.545 e. The van der Waals surface area contributed by atoms with Crippen molar-refractivity contribution >= 4 is 21.9 Å². The van der Waals surface area contributed by atoms with Gasteiger partial charge in [0.15, 0.2) is 0 Å². The molecule has 0 rings (SSSR count). The van der Waals surface area contributed by atoms with Crippen molar-refractivity contribution in [2.45, 2.75) is 0 Å². The predicted octanol–water partition coefficient (Wildman–Crippen LogP) is 0.0211. The smallest absolute Gasteiger partial charge is 0.0648 e. The maximum Gasteiger partial charge on any atom is 0.0648 e. The van der Waals surface area contributed by atoms with Crippen LogP contribution in [0.1, 0.15) is 0 Å². The Labute approximate surface area is 49.7 Å². The molecule has 0 aromatic carbocycles. The van der Waals surface area contributed by atoms with Crippen LogP contribution in [0.4, 0.5) is 0 Å². The average Bonchev–Trinajstić information content (AvgIpc) is 1.35. The van der Waals surface area contributed by atoms with Crippen molar-refractivity contribution in [1.82, 2.24) is 6.15 Å². The Kier molecular flexibility index (Phi) is 7.92. The van der Waals surface area contributed by atoms with Gasteiger partial charge in [0.2, 0.25) is 0 Å². The van der Waals surface area contributed by atoms with Crippen LogP contribution < -0.4 is 11.3 Å². The molecule has 7 heavy (non-hydrogen) atoms. The van der Waals surface area contributed by atoms with E-state index in [1.807, 2.05) is 0 Å². The minimum Gasteiger partial charge on any atom is -0.545 e. The van der Waals surface area contributed by atoms with Gasteiger partial charge in [-0.15, -0.1) is 0 Å². The summed E-state index contributed by atoms with van der Waals surface area (Å²) in [5.74, 6) is -1.19. The van der Waals surface area contributed by atoms with Gasteiger partial charge in [0.05, 0.1) is 5.97 Å². The first-order chi connectivity index (χ1) is 2.77. The van der Waals surface area contributed by atoms with Gasteiger partial charge in [0.1, 0.15) is 0 Å². The summed E-state index contributed by atoms with van der Waals surface area (Å²) in [5, 5.41) is 9.37. The SMILES string of the molecule is O=C([O-])/C=C/Br.[NH4+]. The monoisotopic (exact) mass is 167 g/mol. The Hall–Kier alpha value is -0.350. The highest BCUT2D eigenvalue weighted by atomic mass is 79.9. The first-order valence-electron chi connectivity index (χ1n) is 1.25. The number of carbonyl (C=O) groups is 1. The lowest BCUT2D eigenvalue weighted by Gasteiger charge is -1.82. The molecule has 0 spiro atoms. The molecule has 0 bridgehead atoms. The number of rotatable bonds is 1. The van der Waals surface area contributed by atoms with E-state index in [1.165, 1.54) is 4.99 Å². The molecule has 0 radical (unpaired) electrons. The third-order valence-corrected chi connectivity index (χ3v) is 0.463. The number of quaternary nitrogens is 1. The van der Waals surface area contributed by atoms with Crippen LogP contribution in [0.3, 0.4) is 0 Å². The van der Waals surface area contributed by atoms with E-state index >= 15 is 0 Å². The molecule has 42 valence electrons. The van der Waals surface area contributed by atoms with Gasteiger partial charge in [-0.1, -0.05) is 15.9 Å². The lowest BCUT2D eigenvalue weighted by molar-refractivity contribution is -0.297. The fourth-order valence-electron chi connectivity index (χ4n) is 0.0514. The zero-order chi connectivity index (χ0) is 4.99. The molecule has 0 saturated heterocycles. The fraction of sp³-hybridized carbons (Fsp3) is 0. The van der Waals surface area contributed by atoms with Crippen LogP contribution in [-0.4, -0.2) is 5.97 Å². The van der Waals surface area contributed by atoms with Crippen molar-refractivity contribution in [3.63, 3.8) is 0 Å². The highest BCUT2D eigenvalue weighted by Gasteiger charge is 1.62. The summed E-state index contributed by atoms with van der Waals surface area (Å²) in [6.07, 6.45) is 0.889. The molecule has 0 aliphatic carbocycles. The zero-order valence-corrected chi connectivity index (χ0v) is 5.44. The van der Waals surface area contributed by atoms with E-state index in [0.717, 1.165) is 6.08 Å². The van der Waals surface area contributed by atoms with Crippen molar-refractivity contribution in [2.24, 2.45) is 0 Å². The summed E-state index contributed by atoms with van der Waals surface area (Å²) in [7, 11) is 0. The molecule has 0 saturated carbocycles. The predicted molar refractivity (Wildman–Crippen MR) is 29.1 cm³/mol. The number of carbonyl (C=O) groups excluding carboxylic acids is 1. The number of carboxylic acids is 1. The molecule has 0 aromatic rings. The maximum absolute atomic E-state index is 9.37. The second-order valence-corrected chi connectivity index (χ2v) is 1.14. The van der Waals surface area contributed by atoms with Gasteiger partial charge in [0, 0.05) is 0 Å². The van der Waals surface area contributed by atoms with Gasteiger partial charge in [-0.2, -0.15) is 0 Å². The molecule has 4 heteroatoms. The van der Waals surface area contributed by atoms with Crippen molar-refractivity contribution in [3.8, 4) is 0 Å². The van der Waals surface area contributed by atoms with Gasteiger partial charge in [0.25, 0.3) is 0 Å². The number of hydrogen-bond donors (Lipinski definition) is 1. The average molecular weight is 168 g/mol. The van der Waals surface area contributed by atoms with E-state index < -0.39 is 5.97 Å². The maximum atomic E-state index is 9.37. The summed E-state index contributed by atoms with van der Waals surface area (Å²) in [6, 6.07) is 0. The van der Waals surface area contributed by atoms with Crippen molar-refractivity contribution in [3.05, 3.63) is 11.1 Å². The molecule has 0 fully saturated rings. The molecule has 0 heterocycles. The molecular weight excluding hydrogens is 162 g/mol. The second-order valence-electron chi connectivity index (χ2n) is 0.612. The summed E-state index contributed by atoms with van der Waals surface area (Å²) < 4.78 is 0. The van der Waals surface area contributed by atoms with Crippen LogP contribution in [0.2, 0.25) is 0 Å². The molecule has 0 unspecified atom stereocenters. The molecule has 0 amide bonds. The molecule has 3 nitrogen and oxygen atoms in total. The number of aliphatic carboxylic acids is 1. The topological polar surface area (TPSA) is 76.6 Å². The highest BCUT2D eigenvalue weighted by molar-refractivity contribution is 9.11. The Bertz CT molecular complexity index is 81.0. The van der Waals surface area contributed by atoms with Crippen LogP contribution in [0, 0.1) is 0 Å². The van der Waals surface area contributed by atoms with Gasteiger partial charge in [-0.05, 0) is 11.1 Å². The van der Waals surface area contributed by atoms with Crippen LogP contribution in [0.5, 0.6) is 0 Å². The first kappa shape index (κ1) is 9.82. The normalized spacial score (nSPS) is 8.14. The lowest BCUT2D eigenvalue weighted by atomic mass is 10.7. The third kappa shape index (κ3) is 10.7. The van der Waals surface area contributed by atoms with Crippen LogP contribution in [-0.2, 0) is 4.79 Å². The van der Waals surface area contributed by atoms with E-state index in [9.17, 15) is 9.90 Å². The number of halogens is 1. The minimum absolute atomic E-state index is 0. The standard InChI is InChI=1S/C3H3BrO2.H3N/c4-2-1-3(5)6;/h1-2H,(H,5,6);1H3/b2-1+;. The fourth-order valence-corrected chi connectivity index (χ4v) is 0.267. The van der Waals surface area contributed by atoms with E-state index in [-0.39, 0.29) is 6.15 Å². The van der Waals surface area contributed by atoms with Crippen molar-refractivity contribution < 1.29 is 9.90 Å². The van der Waals surface area contributed by atoms with Crippen molar-refractivity contribution in [1.29, 1.82) is 0 Å². The van der Waals surface area contributed by atoms with Crippen LogP contribution in [0.15, 0.2) is 11.1 Å².